The number of hydrogen-bond donors (Lipinski definition) is 1. The van der Waals surface area contributed by atoms with Gasteiger partial charge in [0.15, 0.2) is 0 Å². The van der Waals surface area contributed by atoms with Crippen molar-refractivity contribution in [3.05, 3.63) is 22.4 Å². The molecule has 3 heteroatoms. The van der Waals surface area contributed by atoms with Crippen LogP contribution in [0.25, 0.3) is 0 Å². The Morgan fingerprint density at radius 3 is 2.86 bits per heavy atom. The highest BCUT2D eigenvalue weighted by Gasteiger charge is 2.07. The maximum atomic E-state index is 3.57. The van der Waals surface area contributed by atoms with Gasteiger partial charge in [0.25, 0.3) is 0 Å². The molecule has 0 saturated carbocycles. The molecule has 0 saturated heterocycles. The second-order valence-corrected chi connectivity index (χ2v) is 5.60. The predicted molar refractivity (Wildman–Crippen MR) is 68.3 cm³/mol. The molecular formula is C11H19NS2. The van der Waals surface area contributed by atoms with Crippen molar-refractivity contribution in [1.82, 2.24) is 5.32 Å². The van der Waals surface area contributed by atoms with Crippen molar-refractivity contribution in [1.29, 1.82) is 0 Å². The summed E-state index contributed by atoms with van der Waals surface area (Å²) in [6, 6.07) is 4.81. The van der Waals surface area contributed by atoms with Gasteiger partial charge in [0, 0.05) is 10.9 Å². The van der Waals surface area contributed by atoms with Gasteiger partial charge in [-0.3, -0.25) is 0 Å². The third kappa shape index (κ3) is 4.03. The van der Waals surface area contributed by atoms with Crippen molar-refractivity contribution in [3.8, 4) is 0 Å². The molecule has 1 heterocycles. The van der Waals surface area contributed by atoms with E-state index < -0.39 is 0 Å². The molecule has 2 atom stereocenters. The first-order chi connectivity index (χ1) is 6.74. The zero-order valence-electron chi connectivity index (χ0n) is 9.12. The minimum absolute atomic E-state index is 0.499. The Labute approximate surface area is 95.3 Å². The van der Waals surface area contributed by atoms with Gasteiger partial charge in [-0.2, -0.15) is 11.8 Å². The summed E-state index contributed by atoms with van der Waals surface area (Å²) in [4.78, 5) is 1.43. The fourth-order valence-electron chi connectivity index (χ4n) is 1.36. The van der Waals surface area contributed by atoms with Crippen LogP contribution in [0.4, 0.5) is 0 Å². The lowest BCUT2D eigenvalue weighted by molar-refractivity contribution is 0.505. The molecule has 1 N–H and O–H groups in total. The van der Waals surface area contributed by atoms with Crippen molar-refractivity contribution >= 4 is 23.1 Å². The minimum Gasteiger partial charge on any atom is -0.309 e. The van der Waals surface area contributed by atoms with Crippen LogP contribution in [-0.2, 0) is 0 Å². The highest BCUT2D eigenvalue weighted by Crippen LogP contribution is 2.18. The standard InChI is InChI=1S/C11H19NS2/c1-9(8-13-3)7-12-10(2)11-5-4-6-14-11/h4-6,9-10,12H,7-8H2,1-3H3. The van der Waals surface area contributed by atoms with Gasteiger partial charge in [-0.25, -0.2) is 0 Å². The Balaban J connectivity index is 2.24. The Hall–Kier alpha value is 0.01000. The topological polar surface area (TPSA) is 12.0 Å². The Bertz CT molecular complexity index is 233. The van der Waals surface area contributed by atoms with E-state index in [1.165, 1.54) is 10.6 Å². The van der Waals surface area contributed by atoms with Crippen LogP contribution in [0.3, 0.4) is 0 Å². The van der Waals surface area contributed by atoms with Crippen LogP contribution in [0.1, 0.15) is 24.8 Å². The quantitative estimate of drug-likeness (QED) is 0.802. The fraction of sp³-hybridized carbons (Fsp3) is 0.636. The molecule has 0 radical (unpaired) electrons. The zero-order valence-corrected chi connectivity index (χ0v) is 10.8. The number of rotatable bonds is 6. The first kappa shape index (κ1) is 12.1. The average molecular weight is 229 g/mol. The first-order valence-corrected chi connectivity index (χ1v) is 7.27. The molecule has 2 unspecified atom stereocenters. The van der Waals surface area contributed by atoms with E-state index in [4.69, 9.17) is 0 Å². The normalized spacial score (nSPS) is 15.4. The van der Waals surface area contributed by atoms with Crippen molar-refractivity contribution in [2.75, 3.05) is 18.6 Å². The largest absolute Gasteiger partial charge is 0.309 e. The van der Waals surface area contributed by atoms with E-state index in [0.29, 0.717) is 6.04 Å². The lowest BCUT2D eigenvalue weighted by Crippen LogP contribution is -2.24. The lowest BCUT2D eigenvalue weighted by Gasteiger charge is -2.15. The van der Waals surface area contributed by atoms with Crippen LogP contribution in [0.5, 0.6) is 0 Å². The molecule has 0 fully saturated rings. The predicted octanol–water partition coefficient (Wildman–Crippen LogP) is 3.40. The molecule has 0 aromatic carbocycles. The molecule has 0 aliphatic carbocycles. The molecule has 1 aromatic rings. The van der Waals surface area contributed by atoms with Gasteiger partial charge >= 0.3 is 0 Å². The van der Waals surface area contributed by atoms with Crippen LogP contribution >= 0.6 is 23.1 Å². The number of thiophene rings is 1. The van der Waals surface area contributed by atoms with E-state index in [9.17, 15) is 0 Å². The average Bonchev–Trinajstić information content (AvgIpc) is 2.67. The maximum Gasteiger partial charge on any atom is 0.0386 e. The summed E-state index contributed by atoms with van der Waals surface area (Å²) in [6.45, 7) is 5.64. The van der Waals surface area contributed by atoms with Crippen LogP contribution in [-0.4, -0.2) is 18.6 Å². The Kier molecular flexibility index (Phi) is 5.60. The number of hydrogen-bond acceptors (Lipinski definition) is 3. The number of thioether (sulfide) groups is 1. The van der Waals surface area contributed by atoms with Crippen LogP contribution in [0.2, 0.25) is 0 Å². The third-order valence-corrected chi connectivity index (χ3v) is 4.15. The minimum atomic E-state index is 0.499. The highest BCUT2D eigenvalue weighted by atomic mass is 32.2. The van der Waals surface area contributed by atoms with E-state index in [1.54, 1.807) is 0 Å². The Morgan fingerprint density at radius 2 is 2.29 bits per heavy atom. The van der Waals surface area contributed by atoms with Gasteiger partial charge in [-0.1, -0.05) is 13.0 Å². The maximum absolute atomic E-state index is 3.57. The van der Waals surface area contributed by atoms with Gasteiger partial charge < -0.3 is 5.32 Å². The van der Waals surface area contributed by atoms with Gasteiger partial charge in [-0.05, 0) is 42.8 Å². The summed E-state index contributed by atoms with van der Waals surface area (Å²) in [5, 5.41) is 5.70. The van der Waals surface area contributed by atoms with E-state index in [1.807, 2.05) is 23.1 Å². The molecule has 1 rings (SSSR count). The molecule has 0 aliphatic rings. The molecular weight excluding hydrogens is 210 g/mol. The van der Waals surface area contributed by atoms with Crippen molar-refractivity contribution in [2.45, 2.75) is 19.9 Å². The van der Waals surface area contributed by atoms with Crippen LogP contribution in [0, 0.1) is 5.92 Å². The van der Waals surface area contributed by atoms with Crippen molar-refractivity contribution < 1.29 is 0 Å². The second-order valence-electron chi connectivity index (χ2n) is 3.71. The molecule has 0 aliphatic heterocycles. The summed E-state index contributed by atoms with van der Waals surface area (Å²) in [5.74, 6) is 2.00. The zero-order chi connectivity index (χ0) is 10.4. The summed E-state index contributed by atoms with van der Waals surface area (Å²) < 4.78 is 0. The molecule has 1 aromatic heterocycles. The second kappa shape index (κ2) is 6.49. The lowest BCUT2D eigenvalue weighted by atomic mass is 10.2. The monoisotopic (exact) mass is 229 g/mol. The third-order valence-electron chi connectivity index (χ3n) is 2.19. The van der Waals surface area contributed by atoms with Gasteiger partial charge in [0.2, 0.25) is 0 Å². The SMILES string of the molecule is CSCC(C)CNC(C)c1cccs1. The molecule has 1 nitrogen and oxygen atoms in total. The number of nitrogens with one attached hydrogen (secondary N) is 1. The van der Waals surface area contributed by atoms with E-state index in [2.05, 4.69) is 42.9 Å². The van der Waals surface area contributed by atoms with Crippen LogP contribution in [0.15, 0.2) is 17.5 Å². The smallest absolute Gasteiger partial charge is 0.0386 e. The summed E-state index contributed by atoms with van der Waals surface area (Å²) in [6.07, 6.45) is 2.17. The Morgan fingerprint density at radius 1 is 1.50 bits per heavy atom. The molecule has 14 heavy (non-hydrogen) atoms. The summed E-state index contributed by atoms with van der Waals surface area (Å²) in [5.41, 5.74) is 0. The van der Waals surface area contributed by atoms with Gasteiger partial charge in [0.05, 0.1) is 0 Å². The van der Waals surface area contributed by atoms with Crippen molar-refractivity contribution in [2.24, 2.45) is 5.92 Å². The van der Waals surface area contributed by atoms with E-state index in [0.717, 1.165) is 12.5 Å². The molecule has 0 amide bonds. The first-order valence-electron chi connectivity index (χ1n) is 4.99. The van der Waals surface area contributed by atoms with E-state index in [-0.39, 0.29) is 0 Å². The van der Waals surface area contributed by atoms with Gasteiger partial charge in [-0.15, -0.1) is 11.3 Å². The molecule has 80 valence electrons. The molecule has 0 bridgehead atoms. The highest BCUT2D eigenvalue weighted by molar-refractivity contribution is 7.98. The molecule has 0 spiro atoms. The summed E-state index contributed by atoms with van der Waals surface area (Å²) in [7, 11) is 0. The van der Waals surface area contributed by atoms with Crippen molar-refractivity contribution in [3.63, 3.8) is 0 Å². The fourth-order valence-corrected chi connectivity index (χ4v) is 2.81. The van der Waals surface area contributed by atoms with E-state index >= 15 is 0 Å². The van der Waals surface area contributed by atoms with Gasteiger partial charge in [0.1, 0.15) is 0 Å². The van der Waals surface area contributed by atoms with Crippen LogP contribution < -0.4 is 5.32 Å². The summed E-state index contributed by atoms with van der Waals surface area (Å²) >= 11 is 3.75.